The first-order chi connectivity index (χ1) is 7.33. The Balaban J connectivity index is 2.17. The van der Waals surface area contributed by atoms with E-state index in [-0.39, 0.29) is 0 Å². The van der Waals surface area contributed by atoms with Crippen LogP contribution >= 0.6 is 0 Å². The highest BCUT2D eigenvalue weighted by Crippen LogP contribution is 2.05. The maximum absolute atomic E-state index is 11.5. The van der Waals surface area contributed by atoms with Crippen LogP contribution < -0.4 is 5.73 Å². The van der Waals surface area contributed by atoms with Crippen molar-refractivity contribution in [2.75, 3.05) is 6.54 Å². The fourth-order valence-electron chi connectivity index (χ4n) is 1.52. The Labute approximate surface area is 91.5 Å². The van der Waals surface area contributed by atoms with Crippen molar-refractivity contribution in [3.63, 3.8) is 0 Å². The van der Waals surface area contributed by atoms with Crippen molar-refractivity contribution in [1.29, 1.82) is 0 Å². The van der Waals surface area contributed by atoms with E-state index < -0.39 is 0 Å². The summed E-state index contributed by atoms with van der Waals surface area (Å²) in [6, 6.07) is 10.1. The highest BCUT2D eigenvalue weighted by molar-refractivity contribution is 5.78. The van der Waals surface area contributed by atoms with Gasteiger partial charge in [0.1, 0.15) is 5.78 Å². The molecule has 1 rings (SSSR count). The smallest absolute Gasteiger partial charge is 0.133 e. The van der Waals surface area contributed by atoms with E-state index in [4.69, 9.17) is 5.73 Å². The van der Waals surface area contributed by atoms with E-state index in [1.165, 1.54) is 5.56 Å². The maximum Gasteiger partial charge on any atom is 0.133 e. The standard InChI is InChI=1S/C13H19NO/c14-11-5-4-8-13(15)10-9-12-6-2-1-3-7-12/h1-3,6-7H,4-5,8-11,14H2. The predicted molar refractivity (Wildman–Crippen MR) is 62.7 cm³/mol. The van der Waals surface area contributed by atoms with Gasteiger partial charge in [0, 0.05) is 12.8 Å². The molecule has 0 aromatic heterocycles. The van der Waals surface area contributed by atoms with E-state index in [1.54, 1.807) is 0 Å². The lowest BCUT2D eigenvalue weighted by atomic mass is 10.0. The number of carbonyl (C=O) groups excluding carboxylic acids is 1. The summed E-state index contributed by atoms with van der Waals surface area (Å²) in [5, 5.41) is 0. The van der Waals surface area contributed by atoms with Crippen molar-refractivity contribution in [1.82, 2.24) is 0 Å². The third-order valence-electron chi connectivity index (χ3n) is 2.45. The van der Waals surface area contributed by atoms with Crippen molar-refractivity contribution >= 4 is 5.78 Å². The number of unbranched alkanes of at least 4 members (excludes halogenated alkanes) is 1. The third-order valence-corrected chi connectivity index (χ3v) is 2.45. The molecule has 0 heterocycles. The summed E-state index contributed by atoms with van der Waals surface area (Å²) in [4.78, 5) is 11.5. The number of hydrogen-bond acceptors (Lipinski definition) is 2. The van der Waals surface area contributed by atoms with Gasteiger partial charge in [-0.05, 0) is 31.4 Å². The molecule has 2 N–H and O–H groups in total. The summed E-state index contributed by atoms with van der Waals surface area (Å²) in [6.07, 6.45) is 4.10. The minimum atomic E-state index is 0.354. The van der Waals surface area contributed by atoms with E-state index in [9.17, 15) is 4.79 Å². The molecule has 1 aromatic carbocycles. The summed E-state index contributed by atoms with van der Waals surface area (Å²) >= 11 is 0. The molecule has 0 aliphatic heterocycles. The second kappa shape index (κ2) is 7.18. The molecule has 2 heteroatoms. The molecule has 0 aliphatic rings. The summed E-state index contributed by atoms with van der Waals surface area (Å²) < 4.78 is 0. The van der Waals surface area contributed by atoms with E-state index in [1.807, 2.05) is 18.2 Å². The molecular weight excluding hydrogens is 186 g/mol. The van der Waals surface area contributed by atoms with Gasteiger partial charge in [0.2, 0.25) is 0 Å². The lowest BCUT2D eigenvalue weighted by molar-refractivity contribution is -0.119. The van der Waals surface area contributed by atoms with Gasteiger partial charge in [-0.15, -0.1) is 0 Å². The van der Waals surface area contributed by atoms with Crippen LogP contribution in [0.15, 0.2) is 30.3 Å². The van der Waals surface area contributed by atoms with Crippen molar-refractivity contribution in [3.8, 4) is 0 Å². The molecule has 0 fully saturated rings. The Morgan fingerprint density at radius 1 is 1.07 bits per heavy atom. The van der Waals surface area contributed by atoms with Gasteiger partial charge in [0.05, 0.1) is 0 Å². The zero-order chi connectivity index (χ0) is 10.9. The Morgan fingerprint density at radius 3 is 2.47 bits per heavy atom. The number of nitrogens with two attached hydrogens (primary N) is 1. The number of aryl methyl sites for hydroxylation is 1. The normalized spacial score (nSPS) is 10.2. The molecule has 15 heavy (non-hydrogen) atoms. The van der Waals surface area contributed by atoms with E-state index in [2.05, 4.69) is 12.1 Å². The van der Waals surface area contributed by atoms with Crippen LogP contribution in [0.25, 0.3) is 0 Å². The Kier molecular flexibility index (Phi) is 5.71. The fourth-order valence-corrected chi connectivity index (χ4v) is 1.52. The Hall–Kier alpha value is -1.15. The fraction of sp³-hybridized carbons (Fsp3) is 0.462. The lowest BCUT2D eigenvalue weighted by Crippen LogP contribution is -2.03. The quantitative estimate of drug-likeness (QED) is 0.694. The van der Waals surface area contributed by atoms with E-state index >= 15 is 0 Å². The largest absolute Gasteiger partial charge is 0.330 e. The number of ketones is 1. The van der Waals surface area contributed by atoms with Gasteiger partial charge >= 0.3 is 0 Å². The van der Waals surface area contributed by atoms with Gasteiger partial charge in [0.25, 0.3) is 0 Å². The first kappa shape index (κ1) is 11.9. The minimum absolute atomic E-state index is 0.354. The summed E-state index contributed by atoms with van der Waals surface area (Å²) in [7, 11) is 0. The van der Waals surface area contributed by atoms with E-state index in [0.29, 0.717) is 25.2 Å². The van der Waals surface area contributed by atoms with Crippen LogP contribution in [0, 0.1) is 0 Å². The molecule has 2 nitrogen and oxygen atoms in total. The molecule has 1 aromatic rings. The average molecular weight is 205 g/mol. The Morgan fingerprint density at radius 2 is 1.80 bits per heavy atom. The Bertz CT molecular complexity index is 282. The molecule has 0 saturated carbocycles. The molecular formula is C13H19NO. The second-order valence-corrected chi connectivity index (χ2v) is 3.77. The van der Waals surface area contributed by atoms with Crippen LogP contribution in [0.1, 0.15) is 31.2 Å². The van der Waals surface area contributed by atoms with Gasteiger partial charge in [-0.1, -0.05) is 30.3 Å². The van der Waals surface area contributed by atoms with E-state index in [0.717, 1.165) is 19.3 Å². The topological polar surface area (TPSA) is 43.1 Å². The molecule has 0 bridgehead atoms. The van der Waals surface area contributed by atoms with Crippen LogP contribution in [0.2, 0.25) is 0 Å². The molecule has 0 saturated heterocycles. The molecule has 0 amide bonds. The zero-order valence-electron chi connectivity index (χ0n) is 9.11. The van der Waals surface area contributed by atoms with Crippen molar-refractivity contribution in [3.05, 3.63) is 35.9 Å². The molecule has 0 radical (unpaired) electrons. The highest BCUT2D eigenvalue weighted by Gasteiger charge is 2.01. The van der Waals surface area contributed by atoms with Gasteiger partial charge in [-0.2, -0.15) is 0 Å². The lowest BCUT2D eigenvalue weighted by Gasteiger charge is -2.01. The highest BCUT2D eigenvalue weighted by atomic mass is 16.1. The number of benzene rings is 1. The van der Waals surface area contributed by atoms with Crippen molar-refractivity contribution in [2.45, 2.75) is 32.1 Å². The van der Waals surface area contributed by atoms with Gasteiger partial charge in [0.15, 0.2) is 0 Å². The number of rotatable bonds is 7. The average Bonchev–Trinajstić information content (AvgIpc) is 2.28. The molecule has 0 atom stereocenters. The summed E-state index contributed by atoms with van der Waals surface area (Å²) in [6.45, 7) is 0.686. The number of Topliss-reactive ketones (excluding diaryl/α,β-unsaturated/α-hetero) is 1. The number of hydrogen-bond donors (Lipinski definition) is 1. The minimum Gasteiger partial charge on any atom is -0.330 e. The van der Waals surface area contributed by atoms with Crippen molar-refractivity contribution in [2.24, 2.45) is 5.73 Å². The number of carbonyl (C=O) groups is 1. The van der Waals surface area contributed by atoms with Crippen molar-refractivity contribution < 1.29 is 4.79 Å². The van der Waals surface area contributed by atoms with Crippen LogP contribution in [-0.4, -0.2) is 12.3 Å². The van der Waals surface area contributed by atoms with Crippen LogP contribution in [0.4, 0.5) is 0 Å². The second-order valence-electron chi connectivity index (χ2n) is 3.77. The summed E-state index contributed by atoms with van der Waals surface area (Å²) in [5.74, 6) is 0.354. The molecule has 0 spiro atoms. The predicted octanol–water partition coefficient (Wildman–Crippen LogP) is 2.32. The molecule has 0 aliphatic carbocycles. The maximum atomic E-state index is 11.5. The van der Waals surface area contributed by atoms with Crippen LogP contribution in [0.5, 0.6) is 0 Å². The van der Waals surface area contributed by atoms with Gasteiger partial charge < -0.3 is 5.73 Å². The summed E-state index contributed by atoms with van der Waals surface area (Å²) in [5.41, 5.74) is 6.61. The first-order valence-electron chi connectivity index (χ1n) is 5.58. The first-order valence-corrected chi connectivity index (χ1v) is 5.58. The van der Waals surface area contributed by atoms with Crippen LogP contribution in [-0.2, 0) is 11.2 Å². The van der Waals surface area contributed by atoms with Gasteiger partial charge in [-0.25, -0.2) is 0 Å². The zero-order valence-corrected chi connectivity index (χ0v) is 9.11. The monoisotopic (exact) mass is 205 g/mol. The van der Waals surface area contributed by atoms with Crippen LogP contribution in [0.3, 0.4) is 0 Å². The molecule has 0 unspecified atom stereocenters. The third kappa shape index (κ3) is 5.33. The SMILES string of the molecule is NCCCCC(=O)CCc1ccccc1. The van der Waals surface area contributed by atoms with Gasteiger partial charge in [-0.3, -0.25) is 4.79 Å². The molecule has 82 valence electrons.